The van der Waals surface area contributed by atoms with Crippen LogP contribution in [0, 0.1) is 10.1 Å². The highest BCUT2D eigenvalue weighted by atomic mass is 35.5. The first-order valence-electron chi connectivity index (χ1n) is 9.66. The van der Waals surface area contributed by atoms with E-state index in [9.17, 15) is 14.9 Å². The van der Waals surface area contributed by atoms with Gasteiger partial charge in [-0.25, -0.2) is 0 Å². The molecule has 3 aromatic carbocycles. The van der Waals surface area contributed by atoms with E-state index in [1.807, 2.05) is 54.6 Å². The Bertz CT molecular complexity index is 1320. The molecule has 0 aliphatic rings. The number of hydrogen-bond donors (Lipinski definition) is 1. The number of fused-ring (bicyclic) bond motifs is 1. The van der Waals surface area contributed by atoms with Gasteiger partial charge in [0.2, 0.25) is 5.91 Å². The average Bonchev–Trinajstić information content (AvgIpc) is 2.81. The van der Waals surface area contributed by atoms with Crippen molar-refractivity contribution >= 4 is 51.4 Å². The second kappa shape index (κ2) is 9.33. The molecule has 1 N–H and O–H groups in total. The number of benzene rings is 3. The molecule has 7 nitrogen and oxygen atoms in total. The molecule has 0 bridgehead atoms. The van der Waals surface area contributed by atoms with Crippen molar-refractivity contribution < 1.29 is 9.72 Å². The molecule has 1 amide bonds. The SMILES string of the molecule is C[C@@H](Sc1nnc(-c2ccccc2)c2ccccc12)C(=O)Nc1ccc([N+](=O)[O-])cc1Cl. The molecule has 1 aromatic heterocycles. The third-order valence-electron chi connectivity index (χ3n) is 4.78. The number of carbonyl (C=O) groups is 1. The van der Waals surface area contributed by atoms with Crippen LogP contribution in [0.15, 0.2) is 77.8 Å². The summed E-state index contributed by atoms with van der Waals surface area (Å²) in [6.07, 6.45) is 0. The van der Waals surface area contributed by atoms with Gasteiger partial charge in [0.25, 0.3) is 5.69 Å². The van der Waals surface area contributed by atoms with E-state index in [2.05, 4.69) is 15.5 Å². The van der Waals surface area contributed by atoms with E-state index in [1.54, 1.807) is 6.92 Å². The van der Waals surface area contributed by atoms with E-state index < -0.39 is 10.2 Å². The Labute approximate surface area is 193 Å². The quantitative estimate of drug-likeness (QED) is 0.214. The molecule has 4 aromatic rings. The minimum Gasteiger partial charge on any atom is -0.324 e. The first kappa shape index (κ1) is 21.7. The van der Waals surface area contributed by atoms with Crippen LogP contribution in [0.4, 0.5) is 11.4 Å². The van der Waals surface area contributed by atoms with Crippen molar-refractivity contribution in [3.8, 4) is 11.3 Å². The third-order valence-corrected chi connectivity index (χ3v) is 6.18. The summed E-state index contributed by atoms with van der Waals surface area (Å²) < 4.78 is 0. The molecule has 1 atom stereocenters. The van der Waals surface area contributed by atoms with E-state index in [1.165, 1.54) is 30.0 Å². The first-order chi connectivity index (χ1) is 15.4. The lowest BCUT2D eigenvalue weighted by Crippen LogP contribution is -2.22. The Morgan fingerprint density at radius 1 is 1.03 bits per heavy atom. The molecule has 9 heteroatoms. The van der Waals surface area contributed by atoms with Crippen molar-refractivity contribution in [1.29, 1.82) is 0 Å². The smallest absolute Gasteiger partial charge is 0.271 e. The Hall–Kier alpha value is -3.49. The Kier molecular flexibility index (Phi) is 6.34. The van der Waals surface area contributed by atoms with Gasteiger partial charge in [0.15, 0.2) is 0 Å². The van der Waals surface area contributed by atoms with Crippen molar-refractivity contribution in [3.63, 3.8) is 0 Å². The summed E-state index contributed by atoms with van der Waals surface area (Å²) in [6, 6.07) is 21.5. The lowest BCUT2D eigenvalue weighted by molar-refractivity contribution is -0.384. The van der Waals surface area contributed by atoms with Gasteiger partial charge >= 0.3 is 0 Å². The van der Waals surface area contributed by atoms with E-state index in [0.29, 0.717) is 10.7 Å². The van der Waals surface area contributed by atoms with Gasteiger partial charge in [0, 0.05) is 28.5 Å². The summed E-state index contributed by atoms with van der Waals surface area (Å²) in [6.45, 7) is 1.75. The first-order valence-corrected chi connectivity index (χ1v) is 10.9. The average molecular weight is 465 g/mol. The van der Waals surface area contributed by atoms with Gasteiger partial charge in [0.1, 0.15) is 10.7 Å². The number of carbonyl (C=O) groups excluding carboxylic acids is 1. The molecule has 0 radical (unpaired) electrons. The standard InChI is InChI=1S/C23H17ClN4O3S/c1-14(22(29)25-20-12-11-16(28(30)31)13-19(20)24)32-23-18-10-6-5-9-17(18)21(26-27-23)15-7-3-2-4-8-15/h2-14H,1H3,(H,25,29)/t14-/m1/s1. The van der Waals surface area contributed by atoms with Crippen LogP contribution in [0.25, 0.3) is 22.0 Å². The van der Waals surface area contributed by atoms with Crippen LogP contribution < -0.4 is 5.32 Å². The van der Waals surface area contributed by atoms with Gasteiger partial charge < -0.3 is 5.32 Å². The molecule has 0 unspecified atom stereocenters. The van der Waals surface area contributed by atoms with Gasteiger partial charge in [-0.1, -0.05) is 78.0 Å². The lowest BCUT2D eigenvalue weighted by Gasteiger charge is -2.14. The number of non-ortho nitro benzene ring substituents is 1. The monoisotopic (exact) mass is 464 g/mol. The summed E-state index contributed by atoms with van der Waals surface area (Å²) in [5.74, 6) is -0.302. The van der Waals surface area contributed by atoms with Gasteiger partial charge in [-0.2, -0.15) is 0 Å². The van der Waals surface area contributed by atoms with Crippen molar-refractivity contribution in [2.75, 3.05) is 5.32 Å². The molecule has 0 spiro atoms. The Morgan fingerprint density at radius 2 is 1.72 bits per heavy atom. The van der Waals surface area contributed by atoms with Crippen molar-refractivity contribution in [2.45, 2.75) is 17.2 Å². The summed E-state index contributed by atoms with van der Waals surface area (Å²) in [5.41, 5.74) is 1.91. The minimum atomic E-state index is -0.543. The molecule has 0 saturated heterocycles. The number of rotatable bonds is 6. The summed E-state index contributed by atoms with van der Waals surface area (Å²) in [4.78, 5) is 23.1. The fraction of sp³-hybridized carbons (Fsp3) is 0.0870. The van der Waals surface area contributed by atoms with Crippen LogP contribution in [-0.4, -0.2) is 26.3 Å². The maximum atomic E-state index is 12.7. The van der Waals surface area contributed by atoms with Crippen molar-refractivity contribution in [1.82, 2.24) is 10.2 Å². The van der Waals surface area contributed by atoms with Crippen LogP contribution in [-0.2, 0) is 4.79 Å². The molecule has 0 fully saturated rings. The van der Waals surface area contributed by atoms with Gasteiger partial charge in [-0.15, -0.1) is 10.2 Å². The van der Waals surface area contributed by atoms with Crippen LogP contribution in [0.1, 0.15) is 6.92 Å². The van der Waals surface area contributed by atoms with E-state index in [-0.39, 0.29) is 16.6 Å². The zero-order valence-corrected chi connectivity index (χ0v) is 18.4. The molecule has 0 aliphatic heterocycles. The van der Waals surface area contributed by atoms with E-state index in [0.717, 1.165) is 22.0 Å². The number of amides is 1. The second-order valence-corrected chi connectivity index (χ2v) is 8.67. The van der Waals surface area contributed by atoms with Crippen LogP contribution in [0.3, 0.4) is 0 Å². The fourth-order valence-electron chi connectivity index (χ4n) is 3.15. The zero-order chi connectivity index (χ0) is 22.7. The molecule has 1 heterocycles. The molecule has 0 aliphatic carbocycles. The number of thioether (sulfide) groups is 1. The molecule has 4 rings (SSSR count). The van der Waals surface area contributed by atoms with Gasteiger partial charge in [-0.05, 0) is 13.0 Å². The summed E-state index contributed by atoms with van der Waals surface area (Å²) in [7, 11) is 0. The Morgan fingerprint density at radius 3 is 2.41 bits per heavy atom. The highest BCUT2D eigenvalue weighted by molar-refractivity contribution is 8.00. The molecule has 0 saturated carbocycles. The maximum absolute atomic E-state index is 12.7. The highest BCUT2D eigenvalue weighted by Gasteiger charge is 2.20. The fourth-order valence-corrected chi connectivity index (χ4v) is 4.27. The number of halogens is 1. The number of hydrogen-bond acceptors (Lipinski definition) is 6. The van der Waals surface area contributed by atoms with Gasteiger partial charge in [-0.3, -0.25) is 14.9 Å². The number of nitrogens with zero attached hydrogens (tertiary/aromatic N) is 3. The lowest BCUT2D eigenvalue weighted by atomic mass is 10.1. The minimum absolute atomic E-state index is 0.0993. The largest absolute Gasteiger partial charge is 0.324 e. The molecular weight excluding hydrogens is 448 g/mol. The molecule has 160 valence electrons. The van der Waals surface area contributed by atoms with Crippen molar-refractivity contribution in [3.05, 3.63) is 87.9 Å². The number of nitro groups is 1. The van der Waals surface area contributed by atoms with Crippen LogP contribution in [0.2, 0.25) is 5.02 Å². The highest BCUT2D eigenvalue weighted by Crippen LogP contribution is 2.34. The number of aromatic nitrogens is 2. The zero-order valence-electron chi connectivity index (χ0n) is 16.9. The predicted octanol–water partition coefficient (Wildman–Crippen LogP) is 5.98. The number of anilines is 1. The summed E-state index contributed by atoms with van der Waals surface area (Å²) in [5, 5.41) is 24.5. The third kappa shape index (κ3) is 4.56. The molecular formula is C23H17ClN4O3S. The predicted molar refractivity (Wildman–Crippen MR) is 127 cm³/mol. The van der Waals surface area contributed by atoms with E-state index >= 15 is 0 Å². The summed E-state index contributed by atoms with van der Waals surface area (Å²) >= 11 is 7.37. The number of nitro benzene ring substituents is 1. The van der Waals surface area contributed by atoms with Crippen molar-refractivity contribution in [2.24, 2.45) is 0 Å². The maximum Gasteiger partial charge on any atom is 0.271 e. The van der Waals surface area contributed by atoms with Crippen LogP contribution in [0.5, 0.6) is 0 Å². The van der Waals surface area contributed by atoms with E-state index in [4.69, 9.17) is 11.6 Å². The molecule has 32 heavy (non-hydrogen) atoms. The topological polar surface area (TPSA) is 98.0 Å². The Balaban J connectivity index is 1.57. The normalized spacial score (nSPS) is 11.8. The number of nitrogens with one attached hydrogen (secondary N) is 1. The van der Waals surface area contributed by atoms with Crippen LogP contribution >= 0.6 is 23.4 Å². The van der Waals surface area contributed by atoms with Gasteiger partial charge in [0.05, 0.1) is 20.9 Å². The second-order valence-electron chi connectivity index (χ2n) is 6.94.